The summed E-state index contributed by atoms with van der Waals surface area (Å²) in [4.78, 5) is 9.03. The zero-order chi connectivity index (χ0) is 19.2. The van der Waals surface area contributed by atoms with Gasteiger partial charge in [0, 0.05) is 17.4 Å². The summed E-state index contributed by atoms with van der Waals surface area (Å²) in [6, 6.07) is 15.6. The lowest BCUT2D eigenvalue weighted by atomic mass is 10.2. The Labute approximate surface area is 159 Å². The Morgan fingerprint density at radius 1 is 0.926 bits per heavy atom. The zero-order valence-electron chi connectivity index (χ0n) is 16.0. The van der Waals surface area contributed by atoms with Crippen LogP contribution in [0.3, 0.4) is 0 Å². The van der Waals surface area contributed by atoms with Crippen molar-refractivity contribution in [2.75, 3.05) is 24.4 Å². The van der Waals surface area contributed by atoms with E-state index in [9.17, 15) is 0 Å². The molecular weight excluding hydrogens is 340 g/mol. The second kappa shape index (κ2) is 8.40. The second-order valence-corrected chi connectivity index (χ2v) is 6.13. The van der Waals surface area contributed by atoms with Crippen molar-refractivity contribution in [2.24, 2.45) is 0 Å². The largest absolute Gasteiger partial charge is 0.495 e. The summed E-state index contributed by atoms with van der Waals surface area (Å²) in [6.45, 7) is 6.58. The quantitative estimate of drug-likeness (QED) is 0.616. The topological polar surface area (TPSA) is 68.3 Å². The highest BCUT2D eigenvalue weighted by atomic mass is 16.5. The van der Waals surface area contributed by atoms with E-state index in [1.807, 2.05) is 69.3 Å². The summed E-state index contributed by atoms with van der Waals surface area (Å²) in [7, 11) is 1.65. The van der Waals surface area contributed by atoms with Crippen molar-refractivity contribution in [2.45, 2.75) is 20.8 Å². The van der Waals surface area contributed by atoms with Crippen LogP contribution in [0.2, 0.25) is 0 Å². The van der Waals surface area contributed by atoms with Gasteiger partial charge in [-0.05, 0) is 62.7 Å². The van der Waals surface area contributed by atoms with E-state index in [0.29, 0.717) is 18.4 Å². The highest BCUT2D eigenvalue weighted by Crippen LogP contribution is 2.28. The summed E-state index contributed by atoms with van der Waals surface area (Å²) in [5.74, 6) is 2.81. The molecule has 0 aliphatic heterocycles. The molecule has 0 amide bonds. The number of rotatable bonds is 7. The van der Waals surface area contributed by atoms with Crippen molar-refractivity contribution in [3.63, 3.8) is 0 Å². The maximum Gasteiger partial charge on any atom is 0.229 e. The van der Waals surface area contributed by atoms with E-state index in [1.165, 1.54) is 0 Å². The molecule has 0 fully saturated rings. The van der Waals surface area contributed by atoms with E-state index in [0.717, 1.165) is 34.1 Å². The standard InChI is InChI=1S/C21H24N4O2/c1-5-27-17-9-7-16(8-10-17)23-21-22-15(3)13-20(25-21)24-18-12-14(2)6-11-19(18)26-4/h6-13H,5H2,1-4H3,(H2,22,23,24,25). The molecule has 0 radical (unpaired) electrons. The van der Waals surface area contributed by atoms with Gasteiger partial charge in [0.15, 0.2) is 0 Å². The average Bonchev–Trinajstić information content (AvgIpc) is 2.63. The normalized spacial score (nSPS) is 10.4. The van der Waals surface area contributed by atoms with Gasteiger partial charge in [-0.1, -0.05) is 6.07 Å². The first kappa shape index (κ1) is 18.5. The summed E-state index contributed by atoms with van der Waals surface area (Å²) < 4.78 is 10.9. The van der Waals surface area contributed by atoms with Crippen molar-refractivity contribution in [3.8, 4) is 11.5 Å². The molecule has 1 heterocycles. The van der Waals surface area contributed by atoms with Crippen molar-refractivity contribution < 1.29 is 9.47 Å². The molecule has 2 aromatic carbocycles. The smallest absolute Gasteiger partial charge is 0.229 e. The van der Waals surface area contributed by atoms with Crippen LogP contribution in [-0.4, -0.2) is 23.7 Å². The minimum Gasteiger partial charge on any atom is -0.495 e. The molecule has 6 nitrogen and oxygen atoms in total. The van der Waals surface area contributed by atoms with Gasteiger partial charge in [-0.15, -0.1) is 0 Å². The van der Waals surface area contributed by atoms with Crippen LogP contribution in [0, 0.1) is 13.8 Å². The minimum absolute atomic E-state index is 0.522. The van der Waals surface area contributed by atoms with Gasteiger partial charge in [0.1, 0.15) is 17.3 Å². The van der Waals surface area contributed by atoms with Crippen LogP contribution >= 0.6 is 0 Å². The third-order valence-electron chi connectivity index (χ3n) is 3.89. The van der Waals surface area contributed by atoms with Gasteiger partial charge in [-0.2, -0.15) is 4.98 Å². The Morgan fingerprint density at radius 2 is 1.70 bits per heavy atom. The number of ether oxygens (including phenoxy) is 2. The molecule has 3 rings (SSSR count). The Kier molecular flexibility index (Phi) is 5.76. The van der Waals surface area contributed by atoms with Crippen molar-refractivity contribution >= 4 is 23.1 Å². The summed E-state index contributed by atoms with van der Waals surface area (Å²) in [6.07, 6.45) is 0. The molecule has 0 bridgehead atoms. The third kappa shape index (κ3) is 4.88. The van der Waals surface area contributed by atoms with Crippen LogP contribution in [0.25, 0.3) is 0 Å². The second-order valence-electron chi connectivity index (χ2n) is 6.13. The molecule has 6 heteroatoms. The first-order valence-corrected chi connectivity index (χ1v) is 8.84. The van der Waals surface area contributed by atoms with E-state index >= 15 is 0 Å². The molecule has 2 N–H and O–H groups in total. The lowest BCUT2D eigenvalue weighted by Crippen LogP contribution is -2.03. The number of aryl methyl sites for hydroxylation is 2. The van der Waals surface area contributed by atoms with Gasteiger partial charge in [-0.3, -0.25) is 0 Å². The average molecular weight is 364 g/mol. The maximum atomic E-state index is 5.47. The van der Waals surface area contributed by atoms with Crippen molar-refractivity contribution in [1.29, 1.82) is 0 Å². The molecular formula is C21H24N4O2. The predicted octanol–water partition coefficient (Wildman–Crippen LogP) is 4.99. The Balaban J connectivity index is 1.81. The van der Waals surface area contributed by atoms with Gasteiger partial charge in [0.2, 0.25) is 5.95 Å². The Bertz CT molecular complexity index is 911. The summed E-state index contributed by atoms with van der Waals surface area (Å²) >= 11 is 0. The van der Waals surface area contributed by atoms with Gasteiger partial charge in [-0.25, -0.2) is 4.98 Å². The molecule has 0 saturated carbocycles. The molecule has 0 aliphatic rings. The first-order chi connectivity index (χ1) is 13.1. The number of methoxy groups -OCH3 is 1. The minimum atomic E-state index is 0.522. The number of aromatic nitrogens is 2. The molecule has 0 aliphatic carbocycles. The third-order valence-corrected chi connectivity index (χ3v) is 3.89. The fourth-order valence-corrected chi connectivity index (χ4v) is 2.68. The van der Waals surface area contributed by atoms with Gasteiger partial charge >= 0.3 is 0 Å². The number of anilines is 4. The van der Waals surface area contributed by atoms with Gasteiger partial charge < -0.3 is 20.1 Å². The van der Waals surface area contributed by atoms with E-state index in [2.05, 4.69) is 20.6 Å². The van der Waals surface area contributed by atoms with Crippen molar-refractivity contribution in [3.05, 3.63) is 59.8 Å². The predicted molar refractivity (Wildman–Crippen MR) is 109 cm³/mol. The van der Waals surface area contributed by atoms with Crippen LogP contribution < -0.4 is 20.1 Å². The monoisotopic (exact) mass is 364 g/mol. The van der Waals surface area contributed by atoms with Crippen LogP contribution in [0.15, 0.2) is 48.5 Å². The van der Waals surface area contributed by atoms with Crippen molar-refractivity contribution in [1.82, 2.24) is 9.97 Å². The molecule has 3 aromatic rings. The first-order valence-electron chi connectivity index (χ1n) is 8.84. The van der Waals surface area contributed by atoms with Gasteiger partial charge in [0.25, 0.3) is 0 Å². The Morgan fingerprint density at radius 3 is 2.41 bits per heavy atom. The molecule has 0 saturated heterocycles. The molecule has 27 heavy (non-hydrogen) atoms. The molecule has 1 aromatic heterocycles. The molecule has 0 unspecified atom stereocenters. The van der Waals surface area contributed by atoms with Crippen LogP contribution in [0.1, 0.15) is 18.2 Å². The van der Waals surface area contributed by atoms with E-state index in [-0.39, 0.29) is 0 Å². The summed E-state index contributed by atoms with van der Waals surface area (Å²) in [5.41, 5.74) is 3.75. The molecule has 140 valence electrons. The highest BCUT2D eigenvalue weighted by Gasteiger charge is 2.08. The van der Waals surface area contributed by atoms with E-state index < -0.39 is 0 Å². The van der Waals surface area contributed by atoms with E-state index in [4.69, 9.17) is 9.47 Å². The number of benzene rings is 2. The fraction of sp³-hybridized carbons (Fsp3) is 0.238. The number of nitrogens with one attached hydrogen (secondary N) is 2. The van der Waals surface area contributed by atoms with Gasteiger partial charge in [0.05, 0.1) is 19.4 Å². The van der Waals surface area contributed by atoms with Crippen LogP contribution in [0.4, 0.5) is 23.1 Å². The van der Waals surface area contributed by atoms with Crippen LogP contribution in [-0.2, 0) is 0 Å². The number of hydrogen-bond donors (Lipinski definition) is 2. The Hall–Kier alpha value is -3.28. The lowest BCUT2D eigenvalue weighted by Gasteiger charge is -2.13. The maximum absolute atomic E-state index is 5.47. The van der Waals surface area contributed by atoms with E-state index in [1.54, 1.807) is 7.11 Å². The SMILES string of the molecule is CCOc1ccc(Nc2nc(C)cc(Nc3cc(C)ccc3OC)n2)cc1. The fourth-order valence-electron chi connectivity index (χ4n) is 2.68. The summed E-state index contributed by atoms with van der Waals surface area (Å²) in [5, 5.41) is 6.55. The lowest BCUT2D eigenvalue weighted by molar-refractivity contribution is 0.340. The molecule has 0 atom stereocenters. The zero-order valence-corrected chi connectivity index (χ0v) is 16.0. The van der Waals surface area contributed by atoms with Crippen LogP contribution in [0.5, 0.6) is 11.5 Å². The number of nitrogens with zero attached hydrogens (tertiary/aromatic N) is 2. The highest BCUT2D eigenvalue weighted by molar-refractivity contribution is 5.66. The number of hydrogen-bond acceptors (Lipinski definition) is 6. The molecule has 0 spiro atoms.